The minimum atomic E-state index is -4.37. The van der Waals surface area contributed by atoms with Crippen LogP contribution in [-0.4, -0.2) is 11.1 Å². The normalized spacial score (nSPS) is 14.4. The molecule has 0 aromatic carbocycles. The van der Waals surface area contributed by atoms with E-state index in [4.69, 9.17) is 11.5 Å². The highest BCUT2D eigenvalue weighted by atomic mass is 19.4. The second-order valence-corrected chi connectivity index (χ2v) is 3.13. The lowest BCUT2D eigenvalue weighted by Crippen LogP contribution is -2.23. The molecule has 6 heteroatoms. The van der Waals surface area contributed by atoms with E-state index in [0.29, 0.717) is 0 Å². The molecular weight excluding hydrogens is 195 g/mol. The third-order valence-electron chi connectivity index (χ3n) is 1.95. The lowest BCUT2D eigenvalue weighted by Gasteiger charge is -2.11. The maximum atomic E-state index is 12.4. The monoisotopic (exact) mass is 207 g/mol. The predicted molar refractivity (Wildman–Crippen MR) is 46.4 cm³/mol. The van der Waals surface area contributed by atoms with Gasteiger partial charge < -0.3 is 16.0 Å². The summed E-state index contributed by atoms with van der Waals surface area (Å²) in [6.07, 6.45) is -2.02. The lowest BCUT2D eigenvalue weighted by molar-refractivity contribution is -0.138. The molecule has 14 heavy (non-hydrogen) atoms. The first-order chi connectivity index (χ1) is 6.36. The summed E-state index contributed by atoms with van der Waals surface area (Å²) in [5, 5.41) is 0. The van der Waals surface area contributed by atoms with E-state index in [-0.39, 0.29) is 12.1 Å². The highest BCUT2D eigenvalue weighted by Crippen LogP contribution is 2.34. The summed E-state index contributed by atoms with van der Waals surface area (Å²) in [5.41, 5.74) is 10.0. The zero-order chi connectivity index (χ0) is 10.9. The maximum absolute atomic E-state index is 12.4. The molecule has 0 spiro atoms. The van der Waals surface area contributed by atoms with Gasteiger partial charge in [0.2, 0.25) is 0 Å². The van der Waals surface area contributed by atoms with E-state index in [9.17, 15) is 13.2 Å². The molecule has 0 amide bonds. The Kier molecular flexibility index (Phi) is 2.86. The highest BCUT2D eigenvalue weighted by Gasteiger charge is 2.35. The SMILES string of the molecule is Cn1cc([C@@H](N)CN)c(C(F)(F)F)c1. The van der Waals surface area contributed by atoms with E-state index in [2.05, 4.69) is 0 Å². The van der Waals surface area contributed by atoms with E-state index >= 15 is 0 Å². The first kappa shape index (κ1) is 11.1. The van der Waals surface area contributed by atoms with Crippen molar-refractivity contribution in [3.63, 3.8) is 0 Å². The summed E-state index contributed by atoms with van der Waals surface area (Å²) < 4.78 is 38.7. The van der Waals surface area contributed by atoms with Gasteiger partial charge in [-0.05, 0) is 5.56 Å². The number of nitrogens with zero attached hydrogens (tertiary/aromatic N) is 1. The Labute approximate surface area is 79.5 Å². The van der Waals surface area contributed by atoms with Crippen LogP contribution >= 0.6 is 0 Å². The van der Waals surface area contributed by atoms with E-state index in [1.807, 2.05) is 0 Å². The molecule has 3 nitrogen and oxygen atoms in total. The molecule has 1 aromatic heterocycles. The number of aryl methyl sites for hydroxylation is 1. The van der Waals surface area contributed by atoms with Crippen molar-refractivity contribution in [3.8, 4) is 0 Å². The van der Waals surface area contributed by atoms with Crippen molar-refractivity contribution in [2.24, 2.45) is 18.5 Å². The summed E-state index contributed by atoms with van der Waals surface area (Å²) in [6.45, 7) is -0.00685. The van der Waals surface area contributed by atoms with Crippen molar-refractivity contribution >= 4 is 0 Å². The number of hydrogen-bond donors (Lipinski definition) is 2. The quantitative estimate of drug-likeness (QED) is 0.760. The van der Waals surface area contributed by atoms with Crippen molar-refractivity contribution in [1.29, 1.82) is 0 Å². The molecule has 0 radical (unpaired) electrons. The maximum Gasteiger partial charge on any atom is 0.418 e. The van der Waals surface area contributed by atoms with Crippen LogP contribution < -0.4 is 11.5 Å². The van der Waals surface area contributed by atoms with Crippen molar-refractivity contribution in [2.45, 2.75) is 12.2 Å². The van der Waals surface area contributed by atoms with Crippen molar-refractivity contribution in [3.05, 3.63) is 23.5 Å². The Morgan fingerprint density at radius 3 is 2.43 bits per heavy atom. The largest absolute Gasteiger partial charge is 0.418 e. The summed E-state index contributed by atoms with van der Waals surface area (Å²) >= 11 is 0. The zero-order valence-corrected chi connectivity index (χ0v) is 7.67. The second kappa shape index (κ2) is 3.62. The Balaban J connectivity index is 3.16. The van der Waals surface area contributed by atoms with Gasteiger partial charge in [0, 0.05) is 32.0 Å². The fourth-order valence-electron chi connectivity index (χ4n) is 1.26. The average molecular weight is 207 g/mol. The van der Waals surface area contributed by atoms with Crippen LogP contribution in [0.25, 0.3) is 0 Å². The van der Waals surface area contributed by atoms with Gasteiger partial charge in [0.05, 0.1) is 5.56 Å². The van der Waals surface area contributed by atoms with Crippen LogP contribution in [0.3, 0.4) is 0 Å². The van der Waals surface area contributed by atoms with Gasteiger partial charge in [0.15, 0.2) is 0 Å². The number of hydrogen-bond acceptors (Lipinski definition) is 2. The molecule has 0 fully saturated rings. The van der Waals surface area contributed by atoms with E-state index in [1.54, 1.807) is 0 Å². The average Bonchev–Trinajstić information content (AvgIpc) is 2.45. The van der Waals surface area contributed by atoms with Crippen LogP contribution in [0.15, 0.2) is 12.4 Å². The molecule has 0 bridgehead atoms. The fourth-order valence-corrected chi connectivity index (χ4v) is 1.26. The molecule has 1 heterocycles. The summed E-state index contributed by atoms with van der Waals surface area (Å²) in [4.78, 5) is 0. The van der Waals surface area contributed by atoms with Crippen LogP contribution in [-0.2, 0) is 13.2 Å². The molecule has 80 valence electrons. The summed E-state index contributed by atoms with van der Waals surface area (Å²) in [5.74, 6) is 0. The number of rotatable bonds is 2. The predicted octanol–water partition coefficient (Wildman–Crippen LogP) is 1.00. The van der Waals surface area contributed by atoms with E-state index < -0.39 is 17.8 Å². The van der Waals surface area contributed by atoms with Crippen molar-refractivity contribution in [1.82, 2.24) is 4.57 Å². The number of alkyl halides is 3. The fraction of sp³-hybridized carbons (Fsp3) is 0.500. The summed E-state index contributed by atoms with van der Waals surface area (Å²) in [7, 11) is 1.52. The van der Waals surface area contributed by atoms with Crippen LogP contribution in [0.2, 0.25) is 0 Å². The molecule has 0 aliphatic carbocycles. The Morgan fingerprint density at radius 2 is 2.00 bits per heavy atom. The van der Waals surface area contributed by atoms with Gasteiger partial charge in [-0.15, -0.1) is 0 Å². The Bertz CT molecular complexity index is 316. The van der Waals surface area contributed by atoms with Gasteiger partial charge in [-0.2, -0.15) is 13.2 Å². The molecule has 1 aromatic rings. The van der Waals surface area contributed by atoms with Gasteiger partial charge >= 0.3 is 6.18 Å². The topological polar surface area (TPSA) is 57.0 Å². The molecule has 1 rings (SSSR count). The standard InChI is InChI=1S/C8H12F3N3/c1-14-3-5(7(13)2-12)6(4-14)8(9,10)11/h3-4,7H,2,12-13H2,1H3/t7-/m0/s1. The molecule has 1 atom stereocenters. The first-order valence-electron chi connectivity index (χ1n) is 4.05. The van der Waals surface area contributed by atoms with Crippen molar-refractivity contribution < 1.29 is 13.2 Å². The smallest absolute Gasteiger partial charge is 0.356 e. The van der Waals surface area contributed by atoms with Crippen LogP contribution in [0.5, 0.6) is 0 Å². The Hall–Kier alpha value is -1.01. The minimum absolute atomic E-state index is 0.00685. The number of halogens is 3. The van der Waals surface area contributed by atoms with Crippen LogP contribution in [0.4, 0.5) is 13.2 Å². The molecule has 0 aliphatic heterocycles. The van der Waals surface area contributed by atoms with Crippen LogP contribution in [0, 0.1) is 0 Å². The van der Waals surface area contributed by atoms with Crippen LogP contribution in [0.1, 0.15) is 17.2 Å². The zero-order valence-electron chi connectivity index (χ0n) is 7.67. The van der Waals surface area contributed by atoms with Gasteiger partial charge in [-0.3, -0.25) is 0 Å². The van der Waals surface area contributed by atoms with Gasteiger partial charge in [-0.1, -0.05) is 0 Å². The molecule has 0 aliphatic rings. The molecular formula is C8H12F3N3. The van der Waals surface area contributed by atoms with Gasteiger partial charge in [0.25, 0.3) is 0 Å². The molecule has 0 saturated heterocycles. The third kappa shape index (κ3) is 2.08. The second-order valence-electron chi connectivity index (χ2n) is 3.13. The number of aromatic nitrogens is 1. The molecule has 4 N–H and O–H groups in total. The van der Waals surface area contributed by atoms with E-state index in [0.717, 1.165) is 6.20 Å². The third-order valence-corrected chi connectivity index (χ3v) is 1.95. The van der Waals surface area contributed by atoms with Gasteiger partial charge in [-0.25, -0.2) is 0 Å². The first-order valence-corrected chi connectivity index (χ1v) is 4.05. The Morgan fingerprint density at radius 1 is 1.43 bits per heavy atom. The van der Waals surface area contributed by atoms with E-state index in [1.165, 1.54) is 17.8 Å². The van der Waals surface area contributed by atoms with Gasteiger partial charge in [0.1, 0.15) is 0 Å². The minimum Gasteiger partial charge on any atom is -0.356 e. The van der Waals surface area contributed by atoms with Crippen molar-refractivity contribution in [2.75, 3.05) is 6.54 Å². The lowest BCUT2D eigenvalue weighted by atomic mass is 10.1. The molecule has 0 unspecified atom stereocenters. The highest BCUT2D eigenvalue weighted by molar-refractivity contribution is 5.30. The summed E-state index contributed by atoms with van der Waals surface area (Å²) in [6, 6.07) is -0.771. The molecule has 0 saturated carbocycles. The number of nitrogens with two attached hydrogens (primary N) is 2.